The number of oxazole rings is 1. The number of carbonyl (C=O) groups excluding carboxylic acids is 1. The van der Waals surface area contributed by atoms with Crippen LogP contribution in [0.15, 0.2) is 57.1 Å². The Kier molecular flexibility index (Phi) is 10.7. The SMILES string of the molecule is CC1C=C(NC(=O)/C=C/CN(C)C)C=CC1S(=O)(=O)N1CCC[C@@H](Nc2ncc(SCc3ncc(C(C)(C)C)o3)s2)C1. The summed E-state index contributed by atoms with van der Waals surface area (Å²) in [6.07, 6.45) is 13.7. The molecule has 2 aromatic heterocycles. The van der Waals surface area contributed by atoms with Crippen molar-refractivity contribution in [3.05, 3.63) is 60.1 Å². The molecular formula is C29H42N6O4S3. The molecule has 1 aliphatic heterocycles. The molecule has 13 heteroatoms. The monoisotopic (exact) mass is 634 g/mol. The number of likely N-dealkylation sites (N-methyl/N-ethyl adjacent to an activating group) is 1. The highest BCUT2D eigenvalue weighted by Gasteiger charge is 2.37. The van der Waals surface area contributed by atoms with Gasteiger partial charge < -0.3 is 20.0 Å². The van der Waals surface area contributed by atoms with Gasteiger partial charge in [-0.1, -0.05) is 57.3 Å². The number of rotatable bonds is 11. The second-order valence-corrected chi connectivity index (χ2v) is 16.4. The third-order valence-corrected chi connectivity index (χ3v) is 11.4. The summed E-state index contributed by atoms with van der Waals surface area (Å²) in [7, 11) is 0.268. The summed E-state index contributed by atoms with van der Waals surface area (Å²) in [4.78, 5) is 23.1. The Balaban J connectivity index is 1.29. The number of hydrogen-bond donors (Lipinski definition) is 2. The van der Waals surface area contributed by atoms with Crippen molar-refractivity contribution in [2.75, 3.05) is 39.0 Å². The molecule has 0 spiro atoms. The Morgan fingerprint density at radius 1 is 1.29 bits per heavy atom. The van der Waals surface area contributed by atoms with Gasteiger partial charge in [-0.2, -0.15) is 4.31 Å². The Bertz CT molecular complexity index is 1420. The van der Waals surface area contributed by atoms with E-state index in [0.717, 1.165) is 27.9 Å². The standard InChI is InChI=1S/C29H42N6O4S3/c1-20-15-21(32-25(36)10-8-13-34(5)6)11-12-23(20)42(37,38)35-14-7-9-22(18-35)33-28-31-17-27(41-28)40-19-26-30-16-24(39-26)29(2,3)4/h8,10-12,15-17,20,22-23H,7,9,13-14,18-19H2,1-6H3,(H,31,33)(H,32,36)/b10-8+/t20?,22-,23?/m1/s1. The molecule has 2 unspecified atom stereocenters. The van der Waals surface area contributed by atoms with Crippen LogP contribution in [0.3, 0.4) is 0 Å². The van der Waals surface area contributed by atoms with Gasteiger partial charge >= 0.3 is 0 Å². The number of hydrogen-bond acceptors (Lipinski definition) is 10. The topological polar surface area (TPSA) is 121 Å². The molecule has 2 aromatic rings. The van der Waals surface area contributed by atoms with Gasteiger partial charge in [0.25, 0.3) is 0 Å². The van der Waals surface area contributed by atoms with E-state index in [1.54, 1.807) is 51.8 Å². The van der Waals surface area contributed by atoms with Crippen molar-refractivity contribution in [2.24, 2.45) is 5.92 Å². The number of piperidine rings is 1. The van der Waals surface area contributed by atoms with Crippen molar-refractivity contribution in [1.82, 2.24) is 24.5 Å². The van der Waals surface area contributed by atoms with Gasteiger partial charge in [-0.05, 0) is 38.9 Å². The molecule has 2 N–H and O–H groups in total. The van der Waals surface area contributed by atoms with Crippen LogP contribution in [-0.2, 0) is 26.0 Å². The van der Waals surface area contributed by atoms with Crippen LogP contribution < -0.4 is 10.6 Å². The number of nitrogens with zero attached hydrogens (tertiary/aromatic N) is 4. The Labute approximate surface area is 257 Å². The molecule has 42 heavy (non-hydrogen) atoms. The lowest BCUT2D eigenvalue weighted by Crippen LogP contribution is -2.49. The molecule has 3 atom stereocenters. The number of thiazole rings is 1. The number of anilines is 1. The maximum Gasteiger partial charge on any atom is 0.248 e. The molecule has 0 aromatic carbocycles. The van der Waals surface area contributed by atoms with E-state index >= 15 is 0 Å². The number of sulfonamides is 1. The van der Waals surface area contributed by atoms with Crippen LogP contribution >= 0.6 is 23.1 Å². The first-order valence-electron chi connectivity index (χ1n) is 14.1. The van der Waals surface area contributed by atoms with Crippen LogP contribution in [0.1, 0.15) is 52.2 Å². The maximum atomic E-state index is 13.7. The molecule has 0 radical (unpaired) electrons. The summed E-state index contributed by atoms with van der Waals surface area (Å²) < 4.78 is 35.8. The Morgan fingerprint density at radius 2 is 2.07 bits per heavy atom. The lowest BCUT2D eigenvalue weighted by molar-refractivity contribution is -0.115. The maximum absolute atomic E-state index is 13.7. The highest BCUT2D eigenvalue weighted by atomic mass is 32.2. The summed E-state index contributed by atoms with van der Waals surface area (Å²) in [5, 5.41) is 6.38. The van der Waals surface area contributed by atoms with Gasteiger partial charge in [0.2, 0.25) is 21.8 Å². The van der Waals surface area contributed by atoms with Crippen LogP contribution in [0.4, 0.5) is 5.13 Å². The highest BCUT2D eigenvalue weighted by molar-refractivity contribution is 8.00. The van der Waals surface area contributed by atoms with Crippen molar-refractivity contribution in [3.8, 4) is 0 Å². The van der Waals surface area contributed by atoms with Crippen molar-refractivity contribution in [1.29, 1.82) is 0 Å². The van der Waals surface area contributed by atoms with Gasteiger partial charge in [-0.25, -0.2) is 18.4 Å². The average Bonchev–Trinajstić information content (AvgIpc) is 3.57. The molecule has 1 fully saturated rings. The number of amides is 1. The molecule has 1 amide bonds. The van der Waals surface area contributed by atoms with Crippen LogP contribution in [0.5, 0.6) is 0 Å². The van der Waals surface area contributed by atoms with E-state index in [1.807, 2.05) is 38.2 Å². The minimum absolute atomic E-state index is 0.0270. The largest absolute Gasteiger partial charge is 0.444 e. The van der Waals surface area contributed by atoms with Gasteiger partial charge in [0.15, 0.2) is 5.13 Å². The first kappa shape index (κ1) is 32.5. The normalized spacial score (nSPS) is 22.1. The molecule has 1 saturated heterocycles. The molecule has 0 saturated carbocycles. The molecule has 2 aliphatic rings. The third kappa shape index (κ3) is 8.79. The van der Waals surface area contributed by atoms with E-state index < -0.39 is 15.3 Å². The molecule has 4 rings (SSSR count). The average molecular weight is 635 g/mol. The van der Waals surface area contributed by atoms with Crippen molar-refractivity contribution >= 4 is 44.2 Å². The number of thioether (sulfide) groups is 1. The van der Waals surface area contributed by atoms with Gasteiger partial charge in [0.1, 0.15) is 11.0 Å². The minimum Gasteiger partial charge on any atom is -0.444 e. The van der Waals surface area contributed by atoms with Crippen molar-refractivity contribution in [3.63, 3.8) is 0 Å². The van der Waals surface area contributed by atoms with E-state index in [4.69, 9.17) is 4.42 Å². The fourth-order valence-electron chi connectivity index (χ4n) is 4.70. The zero-order valence-electron chi connectivity index (χ0n) is 25.2. The molecule has 230 valence electrons. The summed E-state index contributed by atoms with van der Waals surface area (Å²) in [5.41, 5.74) is 0.534. The van der Waals surface area contributed by atoms with Gasteiger partial charge in [0, 0.05) is 42.9 Å². The predicted octanol–water partition coefficient (Wildman–Crippen LogP) is 4.62. The third-order valence-electron chi connectivity index (χ3n) is 6.96. The number of nitrogens with one attached hydrogen (secondary N) is 2. The molecule has 1 aliphatic carbocycles. The smallest absolute Gasteiger partial charge is 0.248 e. The molecular weight excluding hydrogens is 593 g/mol. The van der Waals surface area contributed by atoms with Crippen LogP contribution in [0.25, 0.3) is 0 Å². The number of aromatic nitrogens is 2. The van der Waals surface area contributed by atoms with E-state index in [2.05, 4.69) is 41.4 Å². The second kappa shape index (κ2) is 13.9. The molecule has 0 bridgehead atoms. The Morgan fingerprint density at radius 3 is 2.76 bits per heavy atom. The van der Waals surface area contributed by atoms with Gasteiger partial charge in [0.05, 0.1) is 22.4 Å². The molecule has 3 heterocycles. The van der Waals surface area contributed by atoms with E-state index in [9.17, 15) is 13.2 Å². The fraction of sp³-hybridized carbons (Fsp3) is 0.552. The minimum atomic E-state index is -3.59. The number of carbonyl (C=O) groups is 1. The highest BCUT2D eigenvalue weighted by Crippen LogP contribution is 2.33. The first-order chi connectivity index (χ1) is 19.8. The lowest BCUT2D eigenvalue weighted by atomic mass is 9.94. The summed E-state index contributed by atoms with van der Waals surface area (Å²) in [6, 6.07) is -0.0270. The van der Waals surface area contributed by atoms with Crippen LogP contribution in [-0.4, -0.2) is 78.5 Å². The van der Waals surface area contributed by atoms with E-state index in [0.29, 0.717) is 37.0 Å². The first-order valence-corrected chi connectivity index (χ1v) is 17.4. The van der Waals surface area contributed by atoms with Gasteiger partial charge in [-0.3, -0.25) is 4.79 Å². The van der Waals surface area contributed by atoms with Crippen molar-refractivity contribution in [2.45, 2.75) is 67.2 Å². The quantitative estimate of drug-likeness (QED) is 0.270. The summed E-state index contributed by atoms with van der Waals surface area (Å²) >= 11 is 3.17. The second-order valence-electron chi connectivity index (χ2n) is 12.0. The molecule has 10 nitrogen and oxygen atoms in total. The fourth-order valence-corrected chi connectivity index (χ4v) is 8.52. The zero-order chi connectivity index (χ0) is 30.5. The summed E-state index contributed by atoms with van der Waals surface area (Å²) in [5.74, 6) is 1.66. The Hall–Kier alpha value is -2.45. The van der Waals surface area contributed by atoms with E-state index in [1.165, 1.54) is 6.08 Å². The van der Waals surface area contributed by atoms with E-state index in [-0.39, 0.29) is 23.3 Å². The van der Waals surface area contributed by atoms with Crippen LogP contribution in [0.2, 0.25) is 0 Å². The van der Waals surface area contributed by atoms with Gasteiger partial charge in [-0.15, -0.1) is 11.8 Å². The lowest BCUT2D eigenvalue weighted by Gasteiger charge is -2.35. The predicted molar refractivity (Wildman–Crippen MR) is 170 cm³/mol. The number of allylic oxidation sites excluding steroid dienone is 2. The van der Waals surface area contributed by atoms with Crippen molar-refractivity contribution < 1.29 is 17.6 Å². The van der Waals surface area contributed by atoms with Crippen LogP contribution in [0, 0.1) is 5.92 Å². The zero-order valence-corrected chi connectivity index (χ0v) is 27.6. The summed E-state index contributed by atoms with van der Waals surface area (Å²) in [6.45, 7) is 9.70.